The van der Waals surface area contributed by atoms with Gasteiger partial charge in [-0.05, 0) is 31.9 Å². The van der Waals surface area contributed by atoms with Crippen LogP contribution in [0.4, 0.5) is 4.79 Å². The highest BCUT2D eigenvalue weighted by Crippen LogP contribution is 2.41. The minimum absolute atomic E-state index is 0.400. The van der Waals surface area contributed by atoms with Gasteiger partial charge in [0.25, 0.3) is 5.91 Å². The molecule has 0 unspecified atom stereocenters. The van der Waals surface area contributed by atoms with Crippen LogP contribution in [-0.2, 0) is 15.1 Å². The molecule has 2 atom stereocenters. The molecule has 0 saturated carbocycles. The molecular weight excluding hydrogens is 332 g/mol. The summed E-state index contributed by atoms with van der Waals surface area (Å²) in [6.07, 6.45) is -0.852. The second-order valence-electron chi connectivity index (χ2n) is 7.23. The quantitative estimate of drug-likeness (QED) is 0.867. The fraction of sp³-hybridized carbons (Fsp3) is 0.300. The Morgan fingerprint density at radius 2 is 1.62 bits per heavy atom. The highest BCUT2D eigenvalue weighted by atomic mass is 16.6. The third kappa shape index (κ3) is 3.21. The highest BCUT2D eigenvalue weighted by Gasteiger charge is 2.57. The maximum atomic E-state index is 13.1. The van der Waals surface area contributed by atoms with Crippen molar-refractivity contribution >= 4 is 12.0 Å². The number of benzene rings is 2. The van der Waals surface area contributed by atoms with Crippen molar-refractivity contribution < 1.29 is 19.4 Å². The van der Waals surface area contributed by atoms with Crippen molar-refractivity contribution in [2.24, 2.45) is 0 Å². The molecule has 1 fully saturated rings. The normalized spacial score (nSPS) is 23.2. The molecule has 0 aromatic heterocycles. The van der Waals surface area contributed by atoms with Crippen molar-refractivity contribution in [2.45, 2.75) is 38.0 Å². The molecule has 3 rings (SSSR count). The molecule has 2 N–H and O–H groups in total. The minimum atomic E-state index is -1.93. The Balaban J connectivity index is 2.04. The van der Waals surface area contributed by atoms with Gasteiger partial charge in [0, 0.05) is 0 Å². The first-order chi connectivity index (χ1) is 12.2. The maximum Gasteiger partial charge on any atom is 0.432 e. The number of hydrogen-bond donors (Lipinski definition) is 2. The molecule has 0 spiro atoms. The van der Waals surface area contributed by atoms with E-state index in [0.29, 0.717) is 11.1 Å². The lowest BCUT2D eigenvalue weighted by Gasteiger charge is -2.26. The molecule has 1 heterocycles. The van der Waals surface area contributed by atoms with E-state index in [1.165, 1.54) is 0 Å². The number of hydrogen-bond acceptors (Lipinski definition) is 5. The first-order valence-corrected chi connectivity index (χ1v) is 8.40. The summed E-state index contributed by atoms with van der Waals surface area (Å²) in [6.45, 7) is 5.14. The van der Waals surface area contributed by atoms with Crippen LogP contribution in [-0.4, -0.2) is 27.7 Å². The van der Waals surface area contributed by atoms with E-state index in [9.17, 15) is 14.7 Å². The van der Waals surface area contributed by atoms with Crippen LogP contribution in [0.1, 0.15) is 37.9 Å². The van der Waals surface area contributed by atoms with Gasteiger partial charge in [0.05, 0.1) is 6.04 Å². The first kappa shape index (κ1) is 18.1. The SMILES string of the molecule is CC(C)(C)OC(=O)N1N[C@H](c2ccccc2)[C@](O)(c2ccccc2)C1=O. The van der Waals surface area contributed by atoms with Gasteiger partial charge in [-0.15, -0.1) is 0 Å². The van der Waals surface area contributed by atoms with Gasteiger partial charge in [-0.2, -0.15) is 5.01 Å². The zero-order valence-corrected chi connectivity index (χ0v) is 15.0. The Hall–Kier alpha value is -2.70. The standard InChI is InChI=1S/C20H22N2O4/c1-19(2,3)26-18(24)22-17(23)20(25,15-12-8-5-9-13-15)16(21-22)14-10-6-4-7-11-14/h4-13,16,21,25H,1-3H3/t16-,20-/m1/s1. The van der Waals surface area contributed by atoms with Crippen LogP contribution in [0, 0.1) is 0 Å². The zero-order chi connectivity index (χ0) is 18.9. The van der Waals surface area contributed by atoms with E-state index in [1.54, 1.807) is 63.2 Å². The van der Waals surface area contributed by atoms with Crippen LogP contribution >= 0.6 is 0 Å². The van der Waals surface area contributed by atoms with Gasteiger partial charge in [0.15, 0.2) is 5.60 Å². The number of aliphatic hydroxyl groups is 1. The van der Waals surface area contributed by atoms with Crippen LogP contribution in [0.15, 0.2) is 60.7 Å². The number of ether oxygens (including phenoxy) is 1. The molecule has 6 nitrogen and oxygen atoms in total. The molecule has 0 radical (unpaired) electrons. The van der Waals surface area contributed by atoms with Crippen molar-refractivity contribution in [3.63, 3.8) is 0 Å². The molecule has 2 aromatic carbocycles. The molecule has 136 valence electrons. The molecular formula is C20H22N2O4. The summed E-state index contributed by atoms with van der Waals surface area (Å²) in [5, 5.41) is 12.2. The number of carbonyl (C=O) groups is 2. The van der Waals surface area contributed by atoms with Gasteiger partial charge in [0.2, 0.25) is 0 Å². The zero-order valence-electron chi connectivity index (χ0n) is 15.0. The van der Waals surface area contributed by atoms with E-state index in [2.05, 4.69) is 5.43 Å². The molecule has 0 aliphatic carbocycles. The molecule has 26 heavy (non-hydrogen) atoms. The number of amides is 2. The second kappa shape index (κ2) is 6.55. The second-order valence-corrected chi connectivity index (χ2v) is 7.23. The molecule has 1 aliphatic heterocycles. The predicted molar refractivity (Wildman–Crippen MR) is 95.7 cm³/mol. The molecule has 6 heteroatoms. The molecule has 1 aliphatic rings. The smallest absolute Gasteiger partial charge is 0.432 e. The Morgan fingerprint density at radius 3 is 2.15 bits per heavy atom. The van der Waals surface area contributed by atoms with E-state index in [4.69, 9.17) is 4.74 Å². The van der Waals surface area contributed by atoms with Crippen LogP contribution in [0.5, 0.6) is 0 Å². The third-order valence-corrected chi connectivity index (χ3v) is 4.13. The van der Waals surface area contributed by atoms with E-state index >= 15 is 0 Å². The minimum Gasteiger partial charge on any atom is -0.442 e. The van der Waals surface area contributed by atoms with Gasteiger partial charge >= 0.3 is 6.09 Å². The number of carbonyl (C=O) groups excluding carboxylic acids is 2. The first-order valence-electron chi connectivity index (χ1n) is 8.40. The number of rotatable bonds is 2. The number of nitrogens with one attached hydrogen (secondary N) is 1. The number of nitrogens with zero attached hydrogens (tertiary/aromatic N) is 1. The Labute approximate surface area is 152 Å². The summed E-state index contributed by atoms with van der Waals surface area (Å²) in [4.78, 5) is 25.5. The van der Waals surface area contributed by atoms with E-state index < -0.39 is 29.2 Å². The Bertz CT molecular complexity index is 802. The van der Waals surface area contributed by atoms with Crippen molar-refractivity contribution in [1.29, 1.82) is 0 Å². The third-order valence-electron chi connectivity index (χ3n) is 4.13. The van der Waals surface area contributed by atoms with E-state index in [-0.39, 0.29) is 0 Å². The molecule has 1 saturated heterocycles. The van der Waals surface area contributed by atoms with E-state index in [0.717, 1.165) is 5.01 Å². The lowest BCUT2D eigenvalue weighted by Crippen LogP contribution is -2.45. The summed E-state index contributed by atoms with van der Waals surface area (Å²) < 4.78 is 5.30. The van der Waals surface area contributed by atoms with Gasteiger partial charge < -0.3 is 9.84 Å². The summed E-state index contributed by atoms with van der Waals surface area (Å²) in [7, 11) is 0. The predicted octanol–water partition coefficient (Wildman–Crippen LogP) is 2.90. The topological polar surface area (TPSA) is 78.9 Å². The van der Waals surface area contributed by atoms with Crippen LogP contribution in [0.3, 0.4) is 0 Å². The summed E-state index contributed by atoms with van der Waals surface area (Å²) in [6, 6.07) is 16.8. The summed E-state index contributed by atoms with van der Waals surface area (Å²) in [5.41, 5.74) is 1.21. The van der Waals surface area contributed by atoms with Crippen molar-refractivity contribution in [3.05, 3.63) is 71.8 Å². The van der Waals surface area contributed by atoms with Gasteiger partial charge in [-0.1, -0.05) is 60.7 Å². The largest absolute Gasteiger partial charge is 0.442 e. The van der Waals surface area contributed by atoms with Crippen molar-refractivity contribution in [2.75, 3.05) is 0 Å². The fourth-order valence-corrected chi connectivity index (χ4v) is 2.96. The fourth-order valence-electron chi connectivity index (χ4n) is 2.96. The maximum absolute atomic E-state index is 13.1. The van der Waals surface area contributed by atoms with Crippen LogP contribution < -0.4 is 5.43 Å². The van der Waals surface area contributed by atoms with Crippen molar-refractivity contribution in [1.82, 2.24) is 10.4 Å². The van der Waals surface area contributed by atoms with Gasteiger partial charge in [0.1, 0.15) is 5.60 Å². The lowest BCUT2D eigenvalue weighted by molar-refractivity contribution is -0.144. The van der Waals surface area contributed by atoms with Crippen LogP contribution in [0.2, 0.25) is 0 Å². The summed E-state index contributed by atoms with van der Waals surface area (Å²) in [5.74, 6) is -0.771. The molecule has 0 bridgehead atoms. The van der Waals surface area contributed by atoms with E-state index in [1.807, 2.05) is 18.2 Å². The molecule has 2 aromatic rings. The average molecular weight is 354 g/mol. The number of imide groups is 1. The number of hydrazine groups is 1. The monoisotopic (exact) mass is 354 g/mol. The highest BCUT2D eigenvalue weighted by molar-refractivity contribution is 5.99. The lowest BCUT2D eigenvalue weighted by atomic mass is 9.83. The van der Waals surface area contributed by atoms with Crippen molar-refractivity contribution in [3.8, 4) is 0 Å². The Morgan fingerprint density at radius 1 is 1.08 bits per heavy atom. The average Bonchev–Trinajstić information content (AvgIpc) is 2.88. The van der Waals surface area contributed by atoms with Gasteiger partial charge in [-0.3, -0.25) is 4.79 Å². The van der Waals surface area contributed by atoms with Crippen LogP contribution in [0.25, 0.3) is 0 Å². The van der Waals surface area contributed by atoms with Gasteiger partial charge in [-0.25, -0.2) is 10.2 Å². The molecule has 2 amide bonds. The summed E-state index contributed by atoms with van der Waals surface area (Å²) >= 11 is 0. The Kier molecular flexibility index (Phi) is 4.56.